The largest absolute Gasteiger partial charge is 0.371 e. The molecule has 1 aliphatic heterocycles. The van der Waals surface area contributed by atoms with E-state index in [2.05, 4.69) is 46.3 Å². The van der Waals surface area contributed by atoms with E-state index in [1.54, 1.807) is 6.20 Å². The van der Waals surface area contributed by atoms with Crippen LogP contribution in [0, 0.1) is 17.2 Å². The molecule has 2 heterocycles. The number of hydrogen-bond donors (Lipinski definition) is 0. The minimum absolute atomic E-state index is 0.499. The molecule has 3 nitrogen and oxygen atoms in total. The van der Waals surface area contributed by atoms with E-state index in [0.717, 1.165) is 24.7 Å². The second-order valence-electron chi connectivity index (χ2n) is 5.63. The van der Waals surface area contributed by atoms with Crippen molar-refractivity contribution in [3.8, 4) is 6.07 Å². The van der Waals surface area contributed by atoms with Crippen molar-refractivity contribution in [2.45, 2.75) is 19.3 Å². The van der Waals surface area contributed by atoms with Crippen molar-refractivity contribution in [2.24, 2.45) is 5.92 Å². The molecule has 3 rings (SSSR count). The summed E-state index contributed by atoms with van der Waals surface area (Å²) in [4.78, 5) is 6.40. The van der Waals surface area contributed by atoms with Gasteiger partial charge in [-0.05, 0) is 42.9 Å². The lowest BCUT2D eigenvalue weighted by Gasteiger charge is -2.33. The molecule has 0 saturated carbocycles. The second-order valence-corrected chi connectivity index (χ2v) is 5.63. The summed E-state index contributed by atoms with van der Waals surface area (Å²) in [5.74, 6) is 0.765. The zero-order valence-corrected chi connectivity index (χ0v) is 12.1. The van der Waals surface area contributed by atoms with Crippen LogP contribution in [0.25, 0.3) is 0 Å². The molecule has 0 atom stereocenters. The molecule has 1 aliphatic rings. The van der Waals surface area contributed by atoms with Gasteiger partial charge in [0.2, 0.25) is 0 Å². The second kappa shape index (κ2) is 6.41. The summed E-state index contributed by atoms with van der Waals surface area (Å²) < 4.78 is 0. The Balaban J connectivity index is 1.59. The Hall–Kier alpha value is -2.34. The van der Waals surface area contributed by atoms with Crippen LogP contribution >= 0.6 is 0 Å². The fourth-order valence-corrected chi connectivity index (χ4v) is 3.02. The molecule has 1 saturated heterocycles. The molecular weight excluding hydrogens is 258 g/mol. The molecule has 1 aromatic heterocycles. The van der Waals surface area contributed by atoms with Crippen molar-refractivity contribution >= 4 is 5.69 Å². The smallest absolute Gasteiger partial charge is 0.142 e. The number of nitrogens with zero attached hydrogens (tertiary/aromatic N) is 3. The Morgan fingerprint density at radius 2 is 1.90 bits per heavy atom. The van der Waals surface area contributed by atoms with Crippen LogP contribution in [0.3, 0.4) is 0 Å². The molecule has 1 aromatic carbocycles. The van der Waals surface area contributed by atoms with Gasteiger partial charge >= 0.3 is 0 Å². The van der Waals surface area contributed by atoms with Gasteiger partial charge in [-0.15, -0.1) is 0 Å². The fourth-order valence-electron chi connectivity index (χ4n) is 3.02. The van der Waals surface area contributed by atoms with E-state index in [4.69, 9.17) is 5.26 Å². The molecule has 0 spiro atoms. The lowest BCUT2D eigenvalue weighted by molar-refractivity contribution is 0.403. The molecule has 2 aromatic rings. The number of pyridine rings is 1. The van der Waals surface area contributed by atoms with Crippen molar-refractivity contribution in [3.05, 3.63) is 59.9 Å². The van der Waals surface area contributed by atoms with Crippen LogP contribution in [-0.4, -0.2) is 18.1 Å². The highest BCUT2D eigenvalue weighted by molar-refractivity contribution is 5.49. The van der Waals surface area contributed by atoms with Crippen molar-refractivity contribution < 1.29 is 0 Å². The molecule has 0 radical (unpaired) electrons. The molecular formula is C18H19N3. The molecule has 21 heavy (non-hydrogen) atoms. The van der Waals surface area contributed by atoms with Gasteiger partial charge in [-0.25, -0.2) is 4.98 Å². The third kappa shape index (κ3) is 3.41. The lowest BCUT2D eigenvalue weighted by atomic mass is 9.90. The Bertz CT molecular complexity index is 622. The Morgan fingerprint density at radius 3 is 2.62 bits per heavy atom. The lowest BCUT2D eigenvalue weighted by Crippen LogP contribution is -2.34. The number of aromatic nitrogens is 1. The van der Waals surface area contributed by atoms with E-state index >= 15 is 0 Å². The number of nitriles is 1. The molecule has 0 amide bonds. The Kier molecular flexibility index (Phi) is 4.16. The summed E-state index contributed by atoms with van der Waals surface area (Å²) in [6.45, 7) is 2.12. The highest BCUT2D eigenvalue weighted by atomic mass is 15.1. The summed E-state index contributed by atoms with van der Waals surface area (Å²) in [5.41, 5.74) is 3.06. The van der Waals surface area contributed by atoms with Gasteiger partial charge in [-0.3, -0.25) is 0 Å². The Morgan fingerprint density at radius 1 is 1.14 bits per heavy atom. The summed E-state index contributed by atoms with van der Waals surface area (Å²) in [5, 5.41) is 8.94. The number of anilines is 1. The van der Waals surface area contributed by atoms with E-state index in [-0.39, 0.29) is 0 Å². The monoisotopic (exact) mass is 277 g/mol. The summed E-state index contributed by atoms with van der Waals surface area (Å²) >= 11 is 0. The summed E-state index contributed by atoms with van der Waals surface area (Å²) in [6, 6.07) is 16.7. The summed E-state index contributed by atoms with van der Waals surface area (Å²) in [7, 11) is 0. The van der Waals surface area contributed by atoms with Gasteiger partial charge in [0.25, 0.3) is 0 Å². The number of hydrogen-bond acceptors (Lipinski definition) is 3. The van der Waals surface area contributed by atoms with Gasteiger partial charge in [-0.1, -0.05) is 30.3 Å². The number of rotatable bonds is 3. The average molecular weight is 277 g/mol. The van der Waals surface area contributed by atoms with E-state index in [1.807, 2.05) is 12.1 Å². The molecule has 106 valence electrons. The first-order chi connectivity index (χ1) is 10.3. The SMILES string of the molecule is N#Cc1cc(N2CCC(Cc3ccccc3)CC2)ccn1. The maximum absolute atomic E-state index is 8.94. The van der Waals surface area contributed by atoms with Gasteiger partial charge in [-0.2, -0.15) is 5.26 Å². The van der Waals surface area contributed by atoms with Gasteiger partial charge in [0.15, 0.2) is 0 Å². The molecule has 0 unspecified atom stereocenters. The molecule has 0 N–H and O–H groups in total. The van der Waals surface area contributed by atoms with Gasteiger partial charge in [0.1, 0.15) is 11.8 Å². The van der Waals surface area contributed by atoms with Gasteiger partial charge in [0.05, 0.1) is 0 Å². The van der Waals surface area contributed by atoms with Crippen molar-refractivity contribution in [1.82, 2.24) is 4.98 Å². The molecule has 1 fully saturated rings. The molecule has 0 aliphatic carbocycles. The zero-order valence-electron chi connectivity index (χ0n) is 12.1. The van der Waals surface area contributed by atoms with Crippen LogP contribution in [0.1, 0.15) is 24.1 Å². The first-order valence-corrected chi connectivity index (χ1v) is 7.50. The van der Waals surface area contributed by atoms with Crippen molar-refractivity contribution in [1.29, 1.82) is 5.26 Å². The van der Waals surface area contributed by atoms with E-state index in [9.17, 15) is 0 Å². The van der Waals surface area contributed by atoms with Crippen LogP contribution in [0.15, 0.2) is 48.7 Å². The zero-order chi connectivity index (χ0) is 14.5. The normalized spacial score (nSPS) is 15.7. The summed E-state index contributed by atoms with van der Waals surface area (Å²) in [6.07, 6.45) is 5.32. The first kappa shape index (κ1) is 13.6. The van der Waals surface area contributed by atoms with E-state index < -0.39 is 0 Å². The first-order valence-electron chi connectivity index (χ1n) is 7.50. The number of benzene rings is 1. The molecule has 0 bridgehead atoms. The standard InChI is InChI=1S/C18H19N3/c19-14-17-13-18(6-9-20-17)21-10-7-16(8-11-21)12-15-4-2-1-3-5-15/h1-6,9,13,16H,7-8,10-12H2. The van der Waals surface area contributed by atoms with E-state index in [1.165, 1.54) is 24.8 Å². The van der Waals surface area contributed by atoms with Crippen LogP contribution in [-0.2, 0) is 6.42 Å². The average Bonchev–Trinajstić information content (AvgIpc) is 2.56. The third-order valence-corrected chi connectivity index (χ3v) is 4.20. The van der Waals surface area contributed by atoms with Crippen LogP contribution in [0.2, 0.25) is 0 Å². The minimum atomic E-state index is 0.499. The predicted molar refractivity (Wildman–Crippen MR) is 84.0 cm³/mol. The highest BCUT2D eigenvalue weighted by Gasteiger charge is 2.19. The predicted octanol–water partition coefficient (Wildman–Crippen LogP) is 3.41. The van der Waals surface area contributed by atoms with Crippen LogP contribution < -0.4 is 4.90 Å². The van der Waals surface area contributed by atoms with Gasteiger partial charge in [0, 0.05) is 25.0 Å². The topological polar surface area (TPSA) is 39.9 Å². The maximum Gasteiger partial charge on any atom is 0.142 e. The van der Waals surface area contributed by atoms with Crippen molar-refractivity contribution in [3.63, 3.8) is 0 Å². The van der Waals surface area contributed by atoms with Gasteiger partial charge < -0.3 is 4.90 Å². The van der Waals surface area contributed by atoms with Crippen molar-refractivity contribution in [2.75, 3.05) is 18.0 Å². The quantitative estimate of drug-likeness (QED) is 0.863. The number of piperidine rings is 1. The van der Waals surface area contributed by atoms with E-state index in [0.29, 0.717) is 5.69 Å². The Labute approximate surface area is 125 Å². The van der Waals surface area contributed by atoms with Crippen LogP contribution in [0.5, 0.6) is 0 Å². The minimum Gasteiger partial charge on any atom is -0.371 e. The maximum atomic E-state index is 8.94. The molecule has 3 heteroatoms. The fraction of sp³-hybridized carbons (Fsp3) is 0.333. The highest BCUT2D eigenvalue weighted by Crippen LogP contribution is 2.25. The van der Waals surface area contributed by atoms with Crippen LogP contribution in [0.4, 0.5) is 5.69 Å². The third-order valence-electron chi connectivity index (χ3n) is 4.20.